The lowest BCUT2D eigenvalue weighted by molar-refractivity contribution is -0.123. The van der Waals surface area contributed by atoms with Gasteiger partial charge in [0.05, 0.1) is 6.04 Å². The topological polar surface area (TPSA) is 73.5 Å². The number of likely N-dealkylation sites (tertiary alicyclic amines) is 1. The van der Waals surface area contributed by atoms with Gasteiger partial charge >= 0.3 is 0 Å². The molecule has 0 saturated carbocycles. The van der Waals surface area contributed by atoms with Gasteiger partial charge in [0, 0.05) is 33.1 Å². The standard InChI is InChI=1S/C15H28N4O2/c1-16-14(20)6-9-19-8-3-4-12(11-19)10-18-15(21)13-5-2-7-17-13/h12-13,17H,2-11H2,1H3,(H,16,20)(H,18,21). The Bertz CT molecular complexity index is 356. The number of rotatable bonds is 6. The summed E-state index contributed by atoms with van der Waals surface area (Å²) in [6.07, 6.45) is 4.91. The van der Waals surface area contributed by atoms with Crippen molar-refractivity contribution in [1.29, 1.82) is 0 Å². The number of carbonyl (C=O) groups is 2. The molecule has 2 unspecified atom stereocenters. The summed E-state index contributed by atoms with van der Waals surface area (Å²) in [4.78, 5) is 25.6. The van der Waals surface area contributed by atoms with E-state index in [2.05, 4.69) is 20.9 Å². The molecule has 2 atom stereocenters. The fourth-order valence-electron chi connectivity index (χ4n) is 3.18. The Morgan fingerprint density at radius 3 is 2.86 bits per heavy atom. The van der Waals surface area contributed by atoms with Gasteiger partial charge in [-0.1, -0.05) is 0 Å². The zero-order valence-electron chi connectivity index (χ0n) is 13.0. The maximum Gasteiger partial charge on any atom is 0.237 e. The molecule has 21 heavy (non-hydrogen) atoms. The van der Waals surface area contributed by atoms with Gasteiger partial charge in [-0.25, -0.2) is 0 Å². The fourth-order valence-corrected chi connectivity index (χ4v) is 3.18. The predicted molar refractivity (Wildman–Crippen MR) is 81.9 cm³/mol. The van der Waals surface area contributed by atoms with Crippen LogP contribution in [0.2, 0.25) is 0 Å². The van der Waals surface area contributed by atoms with E-state index in [0.29, 0.717) is 12.3 Å². The van der Waals surface area contributed by atoms with E-state index in [1.165, 1.54) is 0 Å². The average molecular weight is 296 g/mol. The first-order valence-electron chi connectivity index (χ1n) is 8.13. The molecular weight excluding hydrogens is 268 g/mol. The summed E-state index contributed by atoms with van der Waals surface area (Å²) >= 11 is 0. The third-order valence-electron chi connectivity index (χ3n) is 4.48. The normalized spacial score (nSPS) is 26.5. The van der Waals surface area contributed by atoms with E-state index in [1.54, 1.807) is 7.05 Å². The largest absolute Gasteiger partial charge is 0.359 e. The molecule has 2 saturated heterocycles. The van der Waals surface area contributed by atoms with Crippen molar-refractivity contribution in [3.05, 3.63) is 0 Å². The van der Waals surface area contributed by atoms with Crippen molar-refractivity contribution in [3.8, 4) is 0 Å². The monoisotopic (exact) mass is 296 g/mol. The van der Waals surface area contributed by atoms with Crippen LogP contribution in [0, 0.1) is 5.92 Å². The number of hydrogen-bond donors (Lipinski definition) is 3. The summed E-state index contributed by atoms with van der Waals surface area (Å²) < 4.78 is 0. The molecule has 2 fully saturated rings. The molecule has 120 valence electrons. The Labute approximate surface area is 127 Å². The number of amides is 2. The van der Waals surface area contributed by atoms with Crippen LogP contribution in [0.3, 0.4) is 0 Å². The van der Waals surface area contributed by atoms with Gasteiger partial charge < -0.3 is 20.9 Å². The molecule has 2 aliphatic rings. The highest BCUT2D eigenvalue weighted by Crippen LogP contribution is 2.16. The minimum absolute atomic E-state index is 0.0120. The summed E-state index contributed by atoms with van der Waals surface area (Å²) in [6, 6.07) is 0.0120. The fraction of sp³-hybridized carbons (Fsp3) is 0.867. The zero-order valence-corrected chi connectivity index (χ0v) is 13.0. The van der Waals surface area contributed by atoms with Crippen LogP contribution in [0.1, 0.15) is 32.1 Å². The second-order valence-corrected chi connectivity index (χ2v) is 6.13. The first-order valence-corrected chi connectivity index (χ1v) is 8.13. The zero-order chi connectivity index (χ0) is 15.1. The van der Waals surface area contributed by atoms with Crippen LogP contribution < -0.4 is 16.0 Å². The van der Waals surface area contributed by atoms with Crippen LogP contribution in [0.5, 0.6) is 0 Å². The SMILES string of the molecule is CNC(=O)CCN1CCCC(CNC(=O)C2CCCN2)C1. The average Bonchev–Trinajstić information content (AvgIpc) is 3.05. The molecular formula is C15H28N4O2. The third kappa shape index (κ3) is 5.28. The first kappa shape index (κ1) is 16.2. The molecule has 0 aromatic rings. The van der Waals surface area contributed by atoms with Crippen LogP contribution in [-0.4, -0.2) is 62.5 Å². The predicted octanol–water partition coefficient (Wildman–Crippen LogP) is -0.297. The lowest BCUT2D eigenvalue weighted by atomic mass is 9.97. The highest BCUT2D eigenvalue weighted by Gasteiger charge is 2.24. The summed E-state index contributed by atoms with van der Waals surface area (Å²) in [6.45, 7) is 4.57. The summed E-state index contributed by atoms with van der Waals surface area (Å²) in [7, 11) is 1.67. The smallest absolute Gasteiger partial charge is 0.237 e. The molecule has 0 aromatic carbocycles. The summed E-state index contributed by atoms with van der Waals surface area (Å²) in [5, 5.41) is 8.97. The molecule has 0 aliphatic carbocycles. The third-order valence-corrected chi connectivity index (χ3v) is 4.48. The van der Waals surface area contributed by atoms with Crippen molar-refractivity contribution < 1.29 is 9.59 Å². The highest BCUT2D eigenvalue weighted by atomic mass is 16.2. The summed E-state index contributed by atoms with van der Waals surface area (Å²) in [5.74, 6) is 0.751. The summed E-state index contributed by atoms with van der Waals surface area (Å²) in [5.41, 5.74) is 0. The van der Waals surface area contributed by atoms with Crippen LogP contribution in [0.15, 0.2) is 0 Å². The second kappa shape index (κ2) is 8.34. The van der Waals surface area contributed by atoms with E-state index in [-0.39, 0.29) is 17.9 Å². The molecule has 0 aromatic heterocycles. The molecule has 2 rings (SSSR count). The number of piperidine rings is 1. The first-order chi connectivity index (χ1) is 10.2. The lowest BCUT2D eigenvalue weighted by Gasteiger charge is -2.32. The Morgan fingerprint density at radius 2 is 2.14 bits per heavy atom. The minimum Gasteiger partial charge on any atom is -0.359 e. The van der Waals surface area contributed by atoms with Crippen LogP contribution in [0.25, 0.3) is 0 Å². The van der Waals surface area contributed by atoms with Crippen molar-refractivity contribution in [2.45, 2.75) is 38.1 Å². The van der Waals surface area contributed by atoms with E-state index in [1.807, 2.05) is 0 Å². The van der Waals surface area contributed by atoms with Gasteiger partial charge in [0.1, 0.15) is 0 Å². The quantitative estimate of drug-likeness (QED) is 0.629. The molecule has 0 spiro atoms. The van der Waals surface area contributed by atoms with Crippen LogP contribution >= 0.6 is 0 Å². The van der Waals surface area contributed by atoms with Crippen LogP contribution in [0.4, 0.5) is 0 Å². The lowest BCUT2D eigenvalue weighted by Crippen LogP contribution is -2.45. The van der Waals surface area contributed by atoms with E-state index in [4.69, 9.17) is 0 Å². The number of nitrogens with zero attached hydrogens (tertiary/aromatic N) is 1. The molecule has 6 nitrogen and oxygen atoms in total. The molecule has 2 amide bonds. The molecule has 2 heterocycles. The van der Waals surface area contributed by atoms with Crippen molar-refractivity contribution in [3.63, 3.8) is 0 Å². The molecule has 3 N–H and O–H groups in total. The minimum atomic E-state index is 0.0120. The molecule has 2 aliphatic heterocycles. The number of carbonyl (C=O) groups excluding carboxylic acids is 2. The van der Waals surface area contributed by atoms with Gasteiger partial charge in [-0.2, -0.15) is 0 Å². The molecule has 0 radical (unpaired) electrons. The van der Waals surface area contributed by atoms with Crippen molar-refractivity contribution >= 4 is 11.8 Å². The Kier molecular flexibility index (Phi) is 6.45. The van der Waals surface area contributed by atoms with E-state index in [0.717, 1.165) is 58.4 Å². The van der Waals surface area contributed by atoms with Gasteiger partial charge in [0.2, 0.25) is 11.8 Å². The van der Waals surface area contributed by atoms with Gasteiger partial charge in [0.25, 0.3) is 0 Å². The highest BCUT2D eigenvalue weighted by molar-refractivity contribution is 5.82. The van der Waals surface area contributed by atoms with Gasteiger partial charge in [-0.3, -0.25) is 9.59 Å². The Hall–Kier alpha value is -1.14. The van der Waals surface area contributed by atoms with Crippen LogP contribution in [-0.2, 0) is 9.59 Å². The van der Waals surface area contributed by atoms with Crippen molar-refractivity contribution in [1.82, 2.24) is 20.9 Å². The van der Waals surface area contributed by atoms with Gasteiger partial charge in [-0.05, 0) is 44.7 Å². The number of nitrogens with one attached hydrogen (secondary N) is 3. The van der Waals surface area contributed by atoms with Gasteiger partial charge in [0.15, 0.2) is 0 Å². The maximum atomic E-state index is 12.0. The maximum absolute atomic E-state index is 12.0. The van der Waals surface area contributed by atoms with E-state index in [9.17, 15) is 9.59 Å². The number of hydrogen-bond acceptors (Lipinski definition) is 4. The molecule has 0 bridgehead atoms. The molecule has 6 heteroatoms. The second-order valence-electron chi connectivity index (χ2n) is 6.13. The van der Waals surface area contributed by atoms with Crippen molar-refractivity contribution in [2.24, 2.45) is 5.92 Å². The van der Waals surface area contributed by atoms with Gasteiger partial charge in [-0.15, -0.1) is 0 Å². The Balaban J connectivity index is 1.66. The van der Waals surface area contributed by atoms with E-state index >= 15 is 0 Å². The Morgan fingerprint density at radius 1 is 1.29 bits per heavy atom. The van der Waals surface area contributed by atoms with E-state index < -0.39 is 0 Å². The van der Waals surface area contributed by atoms with Crippen molar-refractivity contribution in [2.75, 3.05) is 39.8 Å².